The summed E-state index contributed by atoms with van der Waals surface area (Å²) in [7, 11) is 0. The molecule has 0 saturated carbocycles. The summed E-state index contributed by atoms with van der Waals surface area (Å²) in [6.45, 7) is 10.3. The molecule has 0 spiro atoms. The second-order valence-corrected chi connectivity index (χ2v) is 4.02. The van der Waals surface area contributed by atoms with Crippen molar-refractivity contribution in [3.05, 3.63) is 23.3 Å². The third-order valence-corrected chi connectivity index (χ3v) is 2.94. The SMILES string of the molecule is C=C1CC(=O)C(CC(C)CC)=C1C. The number of rotatable bonds is 3. The van der Waals surface area contributed by atoms with Gasteiger partial charge in [-0.1, -0.05) is 26.8 Å². The van der Waals surface area contributed by atoms with E-state index < -0.39 is 0 Å². The van der Waals surface area contributed by atoms with Crippen LogP contribution in [0.2, 0.25) is 0 Å². The first-order valence-corrected chi connectivity index (χ1v) is 4.97. The van der Waals surface area contributed by atoms with E-state index in [1.165, 1.54) is 0 Å². The molecule has 1 unspecified atom stereocenters. The Morgan fingerprint density at radius 1 is 1.54 bits per heavy atom. The van der Waals surface area contributed by atoms with Crippen molar-refractivity contribution < 1.29 is 4.79 Å². The van der Waals surface area contributed by atoms with Crippen LogP contribution in [0.4, 0.5) is 0 Å². The molecule has 0 bridgehead atoms. The van der Waals surface area contributed by atoms with Crippen LogP contribution in [0.25, 0.3) is 0 Å². The topological polar surface area (TPSA) is 17.1 Å². The number of Topliss-reactive ketones (excluding diaryl/α,β-unsaturated/α-hetero) is 1. The van der Waals surface area contributed by atoms with Crippen molar-refractivity contribution in [3.8, 4) is 0 Å². The molecule has 0 saturated heterocycles. The number of allylic oxidation sites excluding steroid dienone is 3. The van der Waals surface area contributed by atoms with Gasteiger partial charge >= 0.3 is 0 Å². The molecule has 0 radical (unpaired) electrons. The highest BCUT2D eigenvalue weighted by atomic mass is 16.1. The monoisotopic (exact) mass is 178 g/mol. The fourth-order valence-electron chi connectivity index (χ4n) is 1.62. The zero-order valence-corrected chi connectivity index (χ0v) is 8.81. The average molecular weight is 178 g/mol. The molecule has 72 valence electrons. The number of hydrogen-bond donors (Lipinski definition) is 0. The van der Waals surface area contributed by atoms with Gasteiger partial charge in [0.2, 0.25) is 0 Å². The molecule has 0 aromatic heterocycles. The van der Waals surface area contributed by atoms with Gasteiger partial charge in [-0.3, -0.25) is 4.79 Å². The third kappa shape index (κ3) is 2.09. The van der Waals surface area contributed by atoms with E-state index in [1.807, 2.05) is 6.92 Å². The highest BCUT2D eigenvalue weighted by Gasteiger charge is 2.23. The molecule has 0 fully saturated rings. The Bertz CT molecular complexity index is 271. The number of carbonyl (C=O) groups excluding carboxylic acids is 1. The third-order valence-electron chi connectivity index (χ3n) is 2.94. The lowest BCUT2D eigenvalue weighted by Crippen LogP contribution is -2.02. The van der Waals surface area contributed by atoms with Gasteiger partial charge in [-0.25, -0.2) is 0 Å². The van der Waals surface area contributed by atoms with E-state index in [4.69, 9.17) is 0 Å². The van der Waals surface area contributed by atoms with Crippen molar-refractivity contribution in [2.45, 2.75) is 40.0 Å². The number of ketones is 1. The van der Waals surface area contributed by atoms with Crippen LogP contribution in [0.1, 0.15) is 40.0 Å². The summed E-state index contributed by atoms with van der Waals surface area (Å²) in [4.78, 5) is 11.5. The lowest BCUT2D eigenvalue weighted by atomic mass is 9.96. The highest BCUT2D eigenvalue weighted by molar-refractivity contribution is 6.02. The second-order valence-electron chi connectivity index (χ2n) is 4.02. The number of hydrogen-bond acceptors (Lipinski definition) is 1. The van der Waals surface area contributed by atoms with Gasteiger partial charge in [0, 0.05) is 6.42 Å². The Kier molecular flexibility index (Phi) is 3.07. The van der Waals surface area contributed by atoms with Crippen LogP contribution in [-0.4, -0.2) is 5.78 Å². The minimum Gasteiger partial charge on any atom is -0.294 e. The van der Waals surface area contributed by atoms with Crippen LogP contribution >= 0.6 is 0 Å². The summed E-state index contributed by atoms with van der Waals surface area (Å²) < 4.78 is 0. The zero-order chi connectivity index (χ0) is 10.0. The molecule has 1 rings (SSSR count). The largest absolute Gasteiger partial charge is 0.294 e. The van der Waals surface area contributed by atoms with E-state index >= 15 is 0 Å². The molecule has 0 N–H and O–H groups in total. The molecule has 0 amide bonds. The Labute approximate surface area is 80.5 Å². The maximum absolute atomic E-state index is 11.5. The Morgan fingerprint density at radius 3 is 2.54 bits per heavy atom. The smallest absolute Gasteiger partial charge is 0.163 e. The summed E-state index contributed by atoms with van der Waals surface area (Å²) >= 11 is 0. The van der Waals surface area contributed by atoms with E-state index in [0.29, 0.717) is 18.1 Å². The van der Waals surface area contributed by atoms with Crippen molar-refractivity contribution in [1.29, 1.82) is 0 Å². The molecular formula is C12H18O. The molecule has 0 aromatic carbocycles. The van der Waals surface area contributed by atoms with Crippen molar-refractivity contribution in [2.75, 3.05) is 0 Å². The quantitative estimate of drug-likeness (QED) is 0.648. The Balaban J connectivity index is 2.78. The van der Waals surface area contributed by atoms with E-state index in [1.54, 1.807) is 0 Å². The summed E-state index contributed by atoms with van der Waals surface area (Å²) in [5, 5.41) is 0. The van der Waals surface area contributed by atoms with Gasteiger partial charge in [0.1, 0.15) is 0 Å². The van der Waals surface area contributed by atoms with Crippen molar-refractivity contribution in [3.63, 3.8) is 0 Å². The van der Waals surface area contributed by atoms with Crippen LogP contribution < -0.4 is 0 Å². The normalized spacial score (nSPS) is 19.9. The van der Waals surface area contributed by atoms with Gasteiger partial charge < -0.3 is 0 Å². The van der Waals surface area contributed by atoms with Gasteiger partial charge in [0.15, 0.2) is 5.78 Å². The van der Waals surface area contributed by atoms with Crippen molar-refractivity contribution >= 4 is 5.78 Å². The molecule has 1 atom stereocenters. The molecule has 1 heteroatoms. The van der Waals surface area contributed by atoms with Crippen LogP contribution in [-0.2, 0) is 4.79 Å². The minimum absolute atomic E-state index is 0.294. The number of carbonyl (C=O) groups is 1. The maximum Gasteiger partial charge on any atom is 0.163 e. The maximum atomic E-state index is 11.5. The molecule has 1 aliphatic rings. The summed E-state index contributed by atoms with van der Waals surface area (Å²) in [6, 6.07) is 0. The summed E-state index contributed by atoms with van der Waals surface area (Å²) in [6.07, 6.45) is 2.62. The first kappa shape index (κ1) is 10.2. The molecule has 1 nitrogen and oxygen atoms in total. The highest BCUT2D eigenvalue weighted by Crippen LogP contribution is 2.31. The molecule has 0 aromatic rings. The van der Waals surface area contributed by atoms with Crippen LogP contribution in [0.3, 0.4) is 0 Å². The predicted octanol–water partition coefficient (Wildman–Crippen LogP) is 3.27. The standard InChI is InChI=1S/C12H18O/c1-5-8(2)6-11-10(4)9(3)7-12(11)13/h8H,3,5-7H2,1-2,4H3. The van der Waals surface area contributed by atoms with Crippen LogP contribution in [0.5, 0.6) is 0 Å². The van der Waals surface area contributed by atoms with Gasteiger partial charge in [-0.15, -0.1) is 0 Å². The van der Waals surface area contributed by atoms with Crippen molar-refractivity contribution in [2.24, 2.45) is 5.92 Å². The molecule has 0 heterocycles. The van der Waals surface area contributed by atoms with Crippen LogP contribution in [0.15, 0.2) is 23.3 Å². The van der Waals surface area contributed by atoms with Gasteiger partial charge in [0.25, 0.3) is 0 Å². The predicted molar refractivity (Wildman–Crippen MR) is 55.5 cm³/mol. The van der Waals surface area contributed by atoms with Gasteiger partial charge in [-0.05, 0) is 36.0 Å². The van der Waals surface area contributed by atoms with E-state index in [0.717, 1.165) is 29.6 Å². The lowest BCUT2D eigenvalue weighted by Gasteiger charge is -2.08. The first-order valence-electron chi connectivity index (χ1n) is 4.97. The molecular weight excluding hydrogens is 160 g/mol. The van der Waals surface area contributed by atoms with Gasteiger partial charge in [0.05, 0.1) is 0 Å². The molecule has 13 heavy (non-hydrogen) atoms. The van der Waals surface area contributed by atoms with E-state index in [9.17, 15) is 4.79 Å². The second kappa shape index (κ2) is 3.91. The molecule has 0 aliphatic heterocycles. The van der Waals surface area contributed by atoms with Gasteiger partial charge in [-0.2, -0.15) is 0 Å². The summed E-state index contributed by atoms with van der Waals surface area (Å²) in [5.74, 6) is 0.905. The lowest BCUT2D eigenvalue weighted by molar-refractivity contribution is -0.114. The van der Waals surface area contributed by atoms with Crippen molar-refractivity contribution in [1.82, 2.24) is 0 Å². The Hall–Kier alpha value is -0.850. The van der Waals surface area contributed by atoms with E-state index in [2.05, 4.69) is 20.4 Å². The zero-order valence-electron chi connectivity index (χ0n) is 8.81. The van der Waals surface area contributed by atoms with E-state index in [-0.39, 0.29) is 0 Å². The van der Waals surface area contributed by atoms with Crippen LogP contribution in [0, 0.1) is 5.92 Å². The fraction of sp³-hybridized carbons (Fsp3) is 0.583. The molecule has 1 aliphatic carbocycles. The minimum atomic E-state index is 0.294. The average Bonchev–Trinajstić information content (AvgIpc) is 2.32. The fourth-order valence-corrected chi connectivity index (χ4v) is 1.62. The first-order chi connectivity index (χ1) is 6.06. The summed E-state index contributed by atoms with van der Waals surface area (Å²) in [5.41, 5.74) is 3.19. The Morgan fingerprint density at radius 2 is 2.15 bits per heavy atom.